The maximum absolute atomic E-state index is 13.3. The summed E-state index contributed by atoms with van der Waals surface area (Å²) in [6.45, 7) is 7.44. The van der Waals surface area contributed by atoms with E-state index in [1.165, 1.54) is 18.4 Å². The van der Waals surface area contributed by atoms with E-state index in [-0.39, 0.29) is 34.7 Å². The van der Waals surface area contributed by atoms with Crippen LogP contribution in [0.2, 0.25) is 0 Å². The van der Waals surface area contributed by atoms with Gasteiger partial charge in [0.1, 0.15) is 12.2 Å². The average molecular weight is 491 g/mol. The molecule has 0 aliphatic heterocycles. The summed E-state index contributed by atoms with van der Waals surface area (Å²) in [6.07, 6.45) is 11.0. The predicted molar refractivity (Wildman–Crippen MR) is 134 cm³/mol. The van der Waals surface area contributed by atoms with E-state index >= 15 is 0 Å². The molecular formula is C29H46O6. The first kappa shape index (κ1) is 27.0. The first-order valence-electron chi connectivity index (χ1n) is 14.0. The highest BCUT2D eigenvalue weighted by molar-refractivity contribution is 5.92. The molecule has 35 heavy (non-hydrogen) atoms. The van der Waals surface area contributed by atoms with Gasteiger partial charge in [-0.25, -0.2) is 0 Å². The fraction of sp³-hybridized carbons (Fsp3) is 0.862. The van der Waals surface area contributed by atoms with Crippen molar-refractivity contribution in [2.45, 2.75) is 103 Å². The number of hydrogen-bond acceptors (Lipinski definition) is 6. The second-order valence-electron chi connectivity index (χ2n) is 12.0. The molecule has 198 valence electrons. The molecule has 4 rings (SSSR count). The van der Waals surface area contributed by atoms with Crippen LogP contribution in [0.15, 0.2) is 11.6 Å². The summed E-state index contributed by atoms with van der Waals surface area (Å²) in [5, 5.41) is 21.6. The SMILES string of the molecule is CCCCCCOCCO[C@]1(C(=O)CO)CC[C@H]2[C@@H]3CCC4=CC(=O)CC[C@]4(C)[C@H]3[C@@H](O)C[C@@]21C. The van der Waals surface area contributed by atoms with Gasteiger partial charge in [-0.15, -0.1) is 0 Å². The molecule has 0 unspecified atom stereocenters. The molecule has 7 atom stereocenters. The third kappa shape index (κ3) is 4.58. The number of aliphatic hydroxyl groups is 2. The van der Waals surface area contributed by atoms with E-state index in [0.717, 1.165) is 38.5 Å². The van der Waals surface area contributed by atoms with E-state index < -0.39 is 23.7 Å². The van der Waals surface area contributed by atoms with Crippen LogP contribution in [0.5, 0.6) is 0 Å². The van der Waals surface area contributed by atoms with Crippen molar-refractivity contribution in [2.24, 2.45) is 28.6 Å². The van der Waals surface area contributed by atoms with Gasteiger partial charge >= 0.3 is 0 Å². The van der Waals surface area contributed by atoms with Crippen LogP contribution in [-0.2, 0) is 19.1 Å². The van der Waals surface area contributed by atoms with Crippen LogP contribution in [0.25, 0.3) is 0 Å². The highest BCUT2D eigenvalue weighted by Crippen LogP contribution is 2.68. The van der Waals surface area contributed by atoms with Gasteiger partial charge in [0.25, 0.3) is 0 Å². The third-order valence-corrected chi connectivity index (χ3v) is 10.3. The smallest absolute Gasteiger partial charge is 0.190 e. The molecule has 0 aromatic heterocycles. The number of ketones is 2. The number of unbranched alkanes of at least 4 members (excludes halogenated alkanes) is 3. The molecule has 4 aliphatic carbocycles. The molecule has 4 aliphatic rings. The van der Waals surface area contributed by atoms with Gasteiger partial charge in [-0.1, -0.05) is 45.6 Å². The molecule has 0 bridgehead atoms. The topological polar surface area (TPSA) is 93.1 Å². The summed E-state index contributed by atoms with van der Waals surface area (Å²) < 4.78 is 12.2. The molecule has 0 spiro atoms. The summed E-state index contributed by atoms with van der Waals surface area (Å²) in [6, 6.07) is 0. The van der Waals surface area contributed by atoms with E-state index in [9.17, 15) is 19.8 Å². The summed E-state index contributed by atoms with van der Waals surface area (Å²) in [5.41, 5.74) is -0.559. The first-order valence-corrected chi connectivity index (χ1v) is 14.0. The van der Waals surface area contributed by atoms with Crippen LogP contribution in [0.4, 0.5) is 0 Å². The van der Waals surface area contributed by atoms with Gasteiger partial charge in [-0.05, 0) is 74.2 Å². The minimum atomic E-state index is -1.08. The molecule has 3 fully saturated rings. The van der Waals surface area contributed by atoms with Crippen LogP contribution >= 0.6 is 0 Å². The number of allylic oxidation sites excluding steroid dienone is 1. The molecule has 0 radical (unpaired) electrons. The van der Waals surface area contributed by atoms with Crippen LogP contribution in [0.1, 0.15) is 91.4 Å². The van der Waals surface area contributed by atoms with Crippen molar-refractivity contribution >= 4 is 11.6 Å². The van der Waals surface area contributed by atoms with Crippen molar-refractivity contribution in [3.63, 3.8) is 0 Å². The molecule has 0 aromatic carbocycles. The molecule has 0 heterocycles. The van der Waals surface area contributed by atoms with Crippen molar-refractivity contribution < 1.29 is 29.3 Å². The zero-order chi connectivity index (χ0) is 25.3. The van der Waals surface area contributed by atoms with Crippen LogP contribution in [-0.4, -0.2) is 59.9 Å². The number of Topliss-reactive ketones (excluding diaryl/α,β-unsaturated/α-hetero) is 1. The van der Waals surface area contributed by atoms with Crippen molar-refractivity contribution in [3.05, 3.63) is 11.6 Å². The normalized spacial score (nSPS) is 40.6. The third-order valence-electron chi connectivity index (χ3n) is 10.3. The zero-order valence-corrected chi connectivity index (χ0v) is 22.0. The Kier molecular flexibility index (Phi) is 8.26. The van der Waals surface area contributed by atoms with Gasteiger partial charge < -0.3 is 19.7 Å². The number of carbonyl (C=O) groups excluding carboxylic acids is 2. The lowest BCUT2D eigenvalue weighted by Crippen LogP contribution is -2.63. The average Bonchev–Trinajstić information content (AvgIpc) is 3.13. The Morgan fingerprint density at radius 1 is 1.09 bits per heavy atom. The second-order valence-corrected chi connectivity index (χ2v) is 12.0. The first-order chi connectivity index (χ1) is 16.7. The molecule has 3 saturated carbocycles. The van der Waals surface area contributed by atoms with Gasteiger partial charge in [0.2, 0.25) is 0 Å². The van der Waals surface area contributed by atoms with E-state index in [0.29, 0.717) is 39.1 Å². The number of hydrogen-bond donors (Lipinski definition) is 2. The van der Waals surface area contributed by atoms with Gasteiger partial charge in [0.15, 0.2) is 11.6 Å². The minimum absolute atomic E-state index is 0.0974. The summed E-state index contributed by atoms with van der Waals surface area (Å²) in [7, 11) is 0. The fourth-order valence-electron chi connectivity index (χ4n) is 8.59. The monoisotopic (exact) mass is 490 g/mol. The Morgan fingerprint density at radius 2 is 1.89 bits per heavy atom. The van der Waals surface area contributed by atoms with Crippen LogP contribution in [0, 0.1) is 28.6 Å². The van der Waals surface area contributed by atoms with Crippen molar-refractivity contribution in [1.29, 1.82) is 0 Å². The van der Waals surface area contributed by atoms with Gasteiger partial charge in [-0.3, -0.25) is 9.59 Å². The molecule has 0 amide bonds. The van der Waals surface area contributed by atoms with Gasteiger partial charge in [-0.2, -0.15) is 0 Å². The summed E-state index contributed by atoms with van der Waals surface area (Å²) in [5.74, 6) is 0.575. The fourth-order valence-corrected chi connectivity index (χ4v) is 8.59. The standard InChI is InChI=1S/C29H46O6/c1-4-5-6-7-14-34-15-16-35-29(25(33)19-30)13-11-23-22-9-8-20-17-21(31)10-12-27(20,2)26(22)24(32)18-28(23,29)3/h17,22-24,26,30,32H,4-16,18-19H2,1-3H3/t22-,23-,24-,26+,27-,28-,29-/m0/s1. The number of aliphatic hydroxyl groups excluding tert-OH is 2. The predicted octanol–water partition coefficient (Wildman–Crippen LogP) is 4.40. The number of fused-ring (bicyclic) bond motifs is 5. The molecule has 0 saturated heterocycles. The summed E-state index contributed by atoms with van der Waals surface area (Å²) >= 11 is 0. The van der Waals surface area contributed by atoms with Crippen molar-refractivity contribution in [3.8, 4) is 0 Å². The lowest BCUT2D eigenvalue weighted by atomic mass is 9.45. The quantitative estimate of drug-likeness (QED) is 0.417. The Hall–Kier alpha value is -1.08. The molecular weight excluding hydrogens is 444 g/mol. The lowest BCUT2D eigenvalue weighted by molar-refractivity contribution is -0.198. The van der Waals surface area contributed by atoms with Crippen molar-refractivity contribution in [1.82, 2.24) is 0 Å². The Balaban J connectivity index is 1.51. The maximum Gasteiger partial charge on any atom is 0.190 e. The molecule has 0 aromatic rings. The molecule has 2 N–H and O–H groups in total. The number of carbonyl (C=O) groups is 2. The zero-order valence-electron chi connectivity index (χ0n) is 22.0. The Bertz CT molecular complexity index is 822. The van der Waals surface area contributed by atoms with E-state index in [4.69, 9.17) is 9.47 Å². The molecule has 6 heteroatoms. The van der Waals surface area contributed by atoms with Gasteiger partial charge in [0.05, 0.1) is 19.3 Å². The van der Waals surface area contributed by atoms with E-state index in [1.54, 1.807) is 0 Å². The largest absolute Gasteiger partial charge is 0.393 e. The van der Waals surface area contributed by atoms with E-state index in [2.05, 4.69) is 20.8 Å². The second kappa shape index (κ2) is 10.7. The van der Waals surface area contributed by atoms with Crippen LogP contribution in [0.3, 0.4) is 0 Å². The van der Waals surface area contributed by atoms with Crippen LogP contribution < -0.4 is 0 Å². The summed E-state index contributed by atoms with van der Waals surface area (Å²) in [4.78, 5) is 25.4. The number of rotatable bonds is 11. The highest BCUT2D eigenvalue weighted by atomic mass is 16.5. The van der Waals surface area contributed by atoms with Gasteiger partial charge in [0, 0.05) is 18.4 Å². The Labute approximate surface area is 210 Å². The van der Waals surface area contributed by atoms with E-state index in [1.807, 2.05) is 6.08 Å². The lowest BCUT2D eigenvalue weighted by Gasteiger charge is -2.61. The van der Waals surface area contributed by atoms with Crippen molar-refractivity contribution in [2.75, 3.05) is 26.4 Å². The highest BCUT2D eigenvalue weighted by Gasteiger charge is 2.69. The minimum Gasteiger partial charge on any atom is -0.393 e. The number of ether oxygens (including phenoxy) is 2. The Morgan fingerprint density at radius 3 is 2.63 bits per heavy atom. The molecule has 6 nitrogen and oxygen atoms in total. The maximum atomic E-state index is 13.3.